The predicted octanol–water partition coefficient (Wildman–Crippen LogP) is 3.80. The van der Waals surface area contributed by atoms with Crippen molar-refractivity contribution in [2.45, 2.75) is 53.0 Å². The zero-order valence-electron chi connectivity index (χ0n) is 14.2. The largest absolute Gasteiger partial charge is 0.484 e. The molecule has 0 unspecified atom stereocenters. The topological polar surface area (TPSA) is 29.5 Å². The summed E-state index contributed by atoms with van der Waals surface area (Å²) < 4.78 is 5.68. The minimum absolute atomic E-state index is 0.131. The van der Waals surface area contributed by atoms with Gasteiger partial charge < -0.3 is 9.64 Å². The maximum Gasteiger partial charge on any atom is 0.260 e. The third-order valence-corrected chi connectivity index (χ3v) is 5.12. The number of carbonyl (C=O) groups is 1. The van der Waals surface area contributed by atoms with E-state index in [1.54, 1.807) is 0 Å². The number of rotatable bonds is 3. The Hall–Kier alpha value is -1.51. The van der Waals surface area contributed by atoms with Crippen LogP contribution in [-0.2, 0) is 4.79 Å². The van der Waals surface area contributed by atoms with E-state index in [1.807, 2.05) is 31.2 Å². The third kappa shape index (κ3) is 3.13. The molecule has 2 aliphatic rings. The van der Waals surface area contributed by atoms with Gasteiger partial charge in [0.25, 0.3) is 5.91 Å². The average molecular weight is 301 g/mol. The fourth-order valence-electron chi connectivity index (χ4n) is 4.61. The van der Waals surface area contributed by atoms with E-state index in [-0.39, 0.29) is 17.9 Å². The van der Waals surface area contributed by atoms with E-state index in [0.717, 1.165) is 25.1 Å². The van der Waals surface area contributed by atoms with Crippen LogP contribution in [0.1, 0.15) is 45.6 Å². The second kappa shape index (κ2) is 5.29. The van der Waals surface area contributed by atoms with Crippen molar-refractivity contribution in [2.24, 2.45) is 10.8 Å². The van der Waals surface area contributed by atoms with Gasteiger partial charge in [0, 0.05) is 12.6 Å². The summed E-state index contributed by atoms with van der Waals surface area (Å²) in [5.74, 6) is 0.902. The second-order valence-electron chi connectivity index (χ2n) is 8.34. The number of fused-ring (bicyclic) bond motifs is 2. The van der Waals surface area contributed by atoms with Crippen molar-refractivity contribution < 1.29 is 9.53 Å². The monoisotopic (exact) mass is 301 g/mol. The van der Waals surface area contributed by atoms with Gasteiger partial charge in [0.1, 0.15) is 5.75 Å². The van der Waals surface area contributed by atoms with Crippen LogP contribution < -0.4 is 4.74 Å². The number of likely N-dealkylation sites (tertiary alicyclic amines) is 1. The normalized spacial score (nSPS) is 29.5. The molecule has 0 spiro atoms. The van der Waals surface area contributed by atoms with E-state index in [9.17, 15) is 4.79 Å². The molecule has 1 saturated carbocycles. The lowest BCUT2D eigenvalue weighted by Gasteiger charge is -2.39. The summed E-state index contributed by atoms with van der Waals surface area (Å²) in [7, 11) is 0. The maximum atomic E-state index is 12.6. The summed E-state index contributed by atoms with van der Waals surface area (Å²) in [6.07, 6.45) is 3.46. The molecule has 3 nitrogen and oxygen atoms in total. The van der Waals surface area contributed by atoms with Crippen molar-refractivity contribution in [2.75, 3.05) is 13.2 Å². The molecule has 3 rings (SSSR count). The zero-order chi connectivity index (χ0) is 16.0. The molecule has 2 atom stereocenters. The van der Waals surface area contributed by atoms with E-state index in [2.05, 4.69) is 25.7 Å². The first-order valence-electron chi connectivity index (χ1n) is 8.25. The molecule has 120 valence electrons. The molecule has 0 radical (unpaired) electrons. The highest BCUT2D eigenvalue weighted by molar-refractivity contribution is 5.78. The minimum atomic E-state index is 0.131. The van der Waals surface area contributed by atoms with Gasteiger partial charge in [-0.15, -0.1) is 0 Å². The van der Waals surface area contributed by atoms with Crippen LogP contribution in [0, 0.1) is 17.8 Å². The van der Waals surface area contributed by atoms with Gasteiger partial charge in [0.2, 0.25) is 0 Å². The van der Waals surface area contributed by atoms with Crippen LogP contribution >= 0.6 is 0 Å². The fraction of sp³-hybridized carbons (Fsp3) is 0.632. The summed E-state index contributed by atoms with van der Waals surface area (Å²) in [6, 6.07) is 8.26. The smallest absolute Gasteiger partial charge is 0.260 e. The van der Waals surface area contributed by atoms with Crippen molar-refractivity contribution >= 4 is 5.91 Å². The number of benzene rings is 1. The third-order valence-electron chi connectivity index (χ3n) is 5.12. The molecule has 2 bridgehead atoms. The number of ether oxygens (including phenoxy) is 1. The maximum absolute atomic E-state index is 12.6. The molecule has 1 aromatic carbocycles. The van der Waals surface area contributed by atoms with Gasteiger partial charge in [-0.2, -0.15) is 0 Å². The highest BCUT2D eigenvalue weighted by atomic mass is 16.5. The lowest BCUT2D eigenvalue weighted by molar-refractivity contribution is -0.134. The first kappa shape index (κ1) is 15.4. The Morgan fingerprint density at radius 2 is 1.91 bits per heavy atom. The van der Waals surface area contributed by atoms with Crippen molar-refractivity contribution in [1.82, 2.24) is 4.90 Å². The van der Waals surface area contributed by atoms with Crippen LogP contribution in [0.4, 0.5) is 0 Å². The summed E-state index contributed by atoms with van der Waals surface area (Å²) in [5, 5.41) is 0. The molecule has 2 fully saturated rings. The Labute approximate surface area is 133 Å². The summed E-state index contributed by atoms with van der Waals surface area (Å²) in [5.41, 5.74) is 1.82. The highest BCUT2D eigenvalue weighted by Gasteiger charge is 2.50. The van der Waals surface area contributed by atoms with Gasteiger partial charge >= 0.3 is 0 Å². The van der Waals surface area contributed by atoms with Gasteiger partial charge in [-0.05, 0) is 49.1 Å². The second-order valence-corrected chi connectivity index (χ2v) is 8.34. The Morgan fingerprint density at radius 1 is 1.23 bits per heavy atom. The zero-order valence-corrected chi connectivity index (χ0v) is 14.2. The molecular formula is C19H27NO2. The summed E-state index contributed by atoms with van der Waals surface area (Å²) in [6.45, 7) is 10.1. The molecule has 3 heteroatoms. The molecular weight excluding hydrogens is 274 g/mol. The SMILES string of the molecule is Cc1ccc(OCC(=O)N2C[C@@]3(C)C[C@@H]2CC(C)(C)C3)cc1. The number of hydrogen-bond acceptors (Lipinski definition) is 2. The molecule has 1 saturated heterocycles. The van der Waals surface area contributed by atoms with Crippen LogP contribution in [-0.4, -0.2) is 30.0 Å². The number of carbonyl (C=O) groups excluding carboxylic acids is 1. The van der Waals surface area contributed by atoms with Crippen molar-refractivity contribution in [1.29, 1.82) is 0 Å². The quantitative estimate of drug-likeness (QED) is 0.850. The van der Waals surface area contributed by atoms with E-state index >= 15 is 0 Å². The Morgan fingerprint density at radius 3 is 2.59 bits per heavy atom. The number of aryl methyl sites for hydroxylation is 1. The Bertz CT molecular complexity index is 563. The first-order valence-corrected chi connectivity index (χ1v) is 8.25. The lowest BCUT2D eigenvalue weighted by Crippen LogP contribution is -2.40. The van der Waals surface area contributed by atoms with Gasteiger partial charge in [0.05, 0.1) is 0 Å². The molecule has 0 N–H and O–H groups in total. The minimum Gasteiger partial charge on any atom is -0.484 e. The van der Waals surface area contributed by atoms with Crippen LogP contribution in [0.15, 0.2) is 24.3 Å². The number of hydrogen-bond donors (Lipinski definition) is 0. The van der Waals surface area contributed by atoms with E-state index in [0.29, 0.717) is 11.5 Å². The highest BCUT2D eigenvalue weighted by Crippen LogP contribution is 2.52. The molecule has 22 heavy (non-hydrogen) atoms. The summed E-state index contributed by atoms with van der Waals surface area (Å²) >= 11 is 0. The van der Waals surface area contributed by atoms with E-state index < -0.39 is 0 Å². The van der Waals surface area contributed by atoms with Crippen molar-refractivity contribution in [3.63, 3.8) is 0 Å². The number of nitrogens with zero attached hydrogens (tertiary/aromatic N) is 1. The van der Waals surface area contributed by atoms with Crippen LogP contribution in [0.2, 0.25) is 0 Å². The molecule has 1 aliphatic carbocycles. The predicted molar refractivity (Wildman–Crippen MR) is 87.9 cm³/mol. The molecule has 1 aliphatic heterocycles. The van der Waals surface area contributed by atoms with Crippen LogP contribution in [0.5, 0.6) is 5.75 Å². The molecule has 0 aromatic heterocycles. The van der Waals surface area contributed by atoms with Gasteiger partial charge in [-0.3, -0.25) is 4.79 Å². The average Bonchev–Trinajstić information content (AvgIpc) is 2.67. The molecule has 1 aromatic rings. The Balaban J connectivity index is 1.62. The standard InChI is InChI=1S/C19H27NO2/c1-14-5-7-16(8-6-14)22-11-17(21)20-13-19(4)10-15(20)9-18(2,3)12-19/h5-8,15H,9-13H2,1-4H3/t15-,19-/m0/s1. The Kier molecular flexibility index (Phi) is 3.70. The van der Waals surface area contributed by atoms with Crippen LogP contribution in [0.25, 0.3) is 0 Å². The van der Waals surface area contributed by atoms with Gasteiger partial charge in [-0.25, -0.2) is 0 Å². The van der Waals surface area contributed by atoms with Gasteiger partial charge in [0.15, 0.2) is 6.61 Å². The molecule has 1 amide bonds. The molecule has 1 heterocycles. The first-order chi connectivity index (χ1) is 10.3. The van der Waals surface area contributed by atoms with E-state index in [1.165, 1.54) is 12.0 Å². The van der Waals surface area contributed by atoms with Gasteiger partial charge in [-0.1, -0.05) is 38.5 Å². The fourth-order valence-corrected chi connectivity index (χ4v) is 4.61. The summed E-state index contributed by atoms with van der Waals surface area (Å²) in [4.78, 5) is 14.7. The number of amides is 1. The van der Waals surface area contributed by atoms with E-state index in [4.69, 9.17) is 4.74 Å². The van der Waals surface area contributed by atoms with Crippen molar-refractivity contribution in [3.05, 3.63) is 29.8 Å². The lowest BCUT2D eigenvalue weighted by atomic mass is 9.65. The van der Waals surface area contributed by atoms with Crippen molar-refractivity contribution in [3.8, 4) is 5.75 Å². The van der Waals surface area contributed by atoms with Crippen LogP contribution in [0.3, 0.4) is 0 Å².